The van der Waals surface area contributed by atoms with Crippen LogP contribution in [-0.4, -0.2) is 31.8 Å². The van der Waals surface area contributed by atoms with Crippen LogP contribution in [0.25, 0.3) is 5.69 Å². The largest absolute Gasteiger partial charge is 0.366 e. The Morgan fingerprint density at radius 1 is 1.12 bits per heavy atom. The zero-order valence-corrected chi connectivity index (χ0v) is 14.8. The Bertz CT molecular complexity index is 926. The molecule has 0 aliphatic carbocycles. The van der Waals surface area contributed by atoms with Gasteiger partial charge in [0.2, 0.25) is 11.1 Å². The van der Waals surface area contributed by atoms with Gasteiger partial charge < -0.3 is 11.1 Å². The highest BCUT2D eigenvalue weighted by Crippen LogP contribution is 2.22. The molecule has 1 atom stereocenters. The Kier molecular flexibility index (Phi) is 5.33. The minimum absolute atomic E-state index is 0.264. The first-order valence-corrected chi connectivity index (χ1v) is 8.76. The SMILES string of the molecule is CC(Sc1ncn(-c2ccccc2)n1)C(=O)Nc1ccccc1C(N)=O. The van der Waals surface area contributed by atoms with Gasteiger partial charge in [0, 0.05) is 0 Å². The number of nitrogens with two attached hydrogens (primary N) is 1. The van der Waals surface area contributed by atoms with Crippen LogP contribution < -0.4 is 11.1 Å². The number of hydrogen-bond donors (Lipinski definition) is 2. The summed E-state index contributed by atoms with van der Waals surface area (Å²) in [5.41, 5.74) is 6.88. The Labute approximate surface area is 154 Å². The third-order valence-electron chi connectivity index (χ3n) is 3.59. The Hall–Kier alpha value is -3.13. The van der Waals surface area contributed by atoms with E-state index in [4.69, 9.17) is 5.73 Å². The molecule has 0 aliphatic heterocycles. The Morgan fingerprint density at radius 3 is 2.54 bits per heavy atom. The fraction of sp³-hybridized carbons (Fsp3) is 0.111. The second-order valence-corrected chi connectivity index (χ2v) is 6.77. The van der Waals surface area contributed by atoms with Crippen LogP contribution in [0.1, 0.15) is 17.3 Å². The van der Waals surface area contributed by atoms with Crippen molar-refractivity contribution in [1.82, 2.24) is 14.8 Å². The fourth-order valence-corrected chi connectivity index (χ4v) is 2.99. The van der Waals surface area contributed by atoms with Crippen LogP contribution in [0.3, 0.4) is 0 Å². The van der Waals surface area contributed by atoms with E-state index in [0.29, 0.717) is 10.8 Å². The highest BCUT2D eigenvalue weighted by atomic mass is 32.2. The second kappa shape index (κ2) is 7.83. The van der Waals surface area contributed by atoms with E-state index < -0.39 is 11.2 Å². The summed E-state index contributed by atoms with van der Waals surface area (Å²) in [5, 5.41) is 7.13. The van der Waals surface area contributed by atoms with Crippen LogP contribution in [0, 0.1) is 0 Å². The number of para-hydroxylation sites is 2. The molecule has 0 bridgehead atoms. The van der Waals surface area contributed by atoms with Crippen LogP contribution in [0.5, 0.6) is 0 Å². The van der Waals surface area contributed by atoms with Gasteiger partial charge in [-0.25, -0.2) is 9.67 Å². The fourth-order valence-electron chi connectivity index (χ4n) is 2.26. The van der Waals surface area contributed by atoms with Crippen molar-refractivity contribution in [3.05, 3.63) is 66.5 Å². The number of hydrogen-bond acceptors (Lipinski definition) is 5. The molecule has 3 rings (SSSR count). The van der Waals surface area contributed by atoms with Gasteiger partial charge in [0.05, 0.1) is 22.2 Å². The molecule has 8 heteroatoms. The van der Waals surface area contributed by atoms with Gasteiger partial charge in [-0.15, -0.1) is 5.10 Å². The minimum atomic E-state index is -0.593. The molecule has 1 unspecified atom stereocenters. The molecule has 1 heterocycles. The van der Waals surface area contributed by atoms with Gasteiger partial charge in [0.25, 0.3) is 5.91 Å². The number of amides is 2. The van der Waals surface area contributed by atoms with Gasteiger partial charge in [-0.2, -0.15) is 0 Å². The number of benzene rings is 2. The molecule has 1 aromatic heterocycles. The standard InChI is InChI=1S/C18H17N5O2S/c1-12(17(25)21-15-10-6-5-9-14(15)16(19)24)26-18-20-11-23(22-18)13-7-3-2-4-8-13/h2-12H,1H3,(H2,19,24)(H,21,25). The summed E-state index contributed by atoms with van der Waals surface area (Å²) >= 11 is 1.23. The number of carbonyl (C=O) groups is 2. The quantitative estimate of drug-likeness (QED) is 0.652. The number of carbonyl (C=O) groups excluding carboxylic acids is 2. The van der Waals surface area contributed by atoms with Crippen LogP contribution in [0.15, 0.2) is 66.1 Å². The summed E-state index contributed by atoms with van der Waals surface area (Å²) in [4.78, 5) is 28.1. The number of nitrogens with one attached hydrogen (secondary N) is 1. The first kappa shape index (κ1) is 17.7. The number of thioether (sulfide) groups is 1. The average Bonchev–Trinajstić information content (AvgIpc) is 3.11. The van der Waals surface area contributed by atoms with Crippen molar-refractivity contribution in [2.24, 2.45) is 5.73 Å². The van der Waals surface area contributed by atoms with Gasteiger partial charge in [-0.3, -0.25) is 9.59 Å². The van der Waals surface area contributed by atoms with Crippen LogP contribution >= 0.6 is 11.8 Å². The third kappa shape index (κ3) is 4.09. The van der Waals surface area contributed by atoms with Crippen LogP contribution in [0.4, 0.5) is 5.69 Å². The molecule has 0 saturated carbocycles. The molecule has 132 valence electrons. The summed E-state index contributed by atoms with van der Waals surface area (Å²) in [7, 11) is 0. The predicted molar refractivity (Wildman–Crippen MR) is 100 cm³/mol. The summed E-state index contributed by atoms with van der Waals surface area (Å²) in [6.07, 6.45) is 1.60. The van der Waals surface area contributed by atoms with Gasteiger partial charge in [-0.05, 0) is 31.2 Å². The minimum Gasteiger partial charge on any atom is -0.366 e. The molecule has 3 aromatic rings. The molecule has 26 heavy (non-hydrogen) atoms. The lowest BCUT2D eigenvalue weighted by atomic mass is 10.1. The van der Waals surface area contributed by atoms with E-state index in [-0.39, 0.29) is 11.5 Å². The van der Waals surface area contributed by atoms with Crippen molar-refractivity contribution >= 4 is 29.3 Å². The number of anilines is 1. The lowest BCUT2D eigenvalue weighted by Crippen LogP contribution is -2.24. The average molecular weight is 367 g/mol. The van der Waals surface area contributed by atoms with Crippen molar-refractivity contribution in [3.8, 4) is 5.69 Å². The summed E-state index contributed by atoms with van der Waals surface area (Å²) < 4.78 is 1.65. The molecule has 7 nitrogen and oxygen atoms in total. The van der Waals surface area contributed by atoms with Crippen molar-refractivity contribution in [2.45, 2.75) is 17.3 Å². The molecule has 0 saturated heterocycles. The number of aromatic nitrogens is 3. The lowest BCUT2D eigenvalue weighted by molar-refractivity contribution is -0.115. The Morgan fingerprint density at radius 2 is 1.81 bits per heavy atom. The maximum Gasteiger partial charge on any atom is 0.250 e. The molecule has 0 radical (unpaired) electrons. The van der Waals surface area contributed by atoms with Crippen LogP contribution in [0.2, 0.25) is 0 Å². The van der Waals surface area contributed by atoms with Gasteiger partial charge >= 0.3 is 0 Å². The van der Waals surface area contributed by atoms with E-state index in [0.717, 1.165) is 5.69 Å². The van der Waals surface area contributed by atoms with Gasteiger partial charge in [0.15, 0.2) is 0 Å². The predicted octanol–water partition coefficient (Wildman–Crippen LogP) is 2.49. The first-order valence-electron chi connectivity index (χ1n) is 7.88. The van der Waals surface area contributed by atoms with E-state index in [1.165, 1.54) is 11.8 Å². The molecular formula is C18H17N5O2S. The zero-order chi connectivity index (χ0) is 18.5. The maximum absolute atomic E-state index is 12.4. The highest BCUT2D eigenvalue weighted by molar-refractivity contribution is 8.00. The molecular weight excluding hydrogens is 350 g/mol. The molecule has 0 aliphatic rings. The number of rotatable bonds is 6. The molecule has 0 fully saturated rings. The molecule has 3 N–H and O–H groups in total. The topological polar surface area (TPSA) is 103 Å². The van der Waals surface area contributed by atoms with Crippen molar-refractivity contribution in [3.63, 3.8) is 0 Å². The summed E-state index contributed by atoms with van der Waals surface area (Å²) in [6, 6.07) is 16.2. The Balaban J connectivity index is 1.67. The lowest BCUT2D eigenvalue weighted by Gasteiger charge is -2.12. The van der Waals surface area contributed by atoms with Crippen LogP contribution in [-0.2, 0) is 4.79 Å². The van der Waals surface area contributed by atoms with Crippen molar-refractivity contribution in [2.75, 3.05) is 5.32 Å². The maximum atomic E-state index is 12.4. The first-order chi connectivity index (χ1) is 12.5. The van der Waals surface area contributed by atoms with Gasteiger partial charge in [0.1, 0.15) is 6.33 Å². The van der Waals surface area contributed by atoms with E-state index in [1.807, 2.05) is 30.3 Å². The normalized spacial score (nSPS) is 11.7. The highest BCUT2D eigenvalue weighted by Gasteiger charge is 2.19. The summed E-state index contributed by atoms with van der Waals surface area (Å²) in [6.45, 7) is 1.75. The number of nitrogens with zero attached hydrogens (tertiary/aromatic N) is 3. The smallest absolute Gasteiger partial charge is 0.250 e. The molecule has 2 amide bonds. The van der Waals surface area contributed by atoms with Crippen molar-refractivity contribution in [1.29, 1.82) is 0 Å². The summed E-state index contributed by atoms with van der Waals surface area (Å²) in [5.74, 6) is -0.857. The van der Waals surface area contributed by atoms with E-state index in [9.17, 15) is 9.59 Å². The molecule has 0 spiro atoms. The van der Waals surface area contributed by atoms with E-state index >= 15 is 0 Å². The zero-order valence-electron chi connectivity index (χ0n) is 14.0. The molecule has 2 aromatic carbocycles. The van der Waals surface area contributed by atoms with Crippen molar-refractivity contribution < 1.29 is 9.59 Å². The third-order valence-corrected chi connectivity index (χ3v) is 4.56. The van der Waals surface area contributed by atoms with Gasteiger partial charge in [-0.1, -0.05) is 42.1 Å². The second-order valence-electron chi connectivity index (χ2n) is 5.47. The monoisotopic (exact) mass is 367 g/mol. The number of primary amides is 1. The van der Waals surface area contributed by atoms with E-state index in [1.54, 1.807) is 42.2 Å². The van der Waals surface area contributed by atoms with E-state index in [2.05, 4.69) is 15.4 Å².